The molecule has 10 nitrogen and oxygen atoms in total. The van der Waals surface area contributed by atoms with Crippen LogP contribution in [0, 0.1) is 21.5 Å². The van der Waals surface area contributed by atoms with Crippen molar-refractivity contribution in [3.63, 3.8) is 0 Å². The minimum Gasteiger partial charge on any atom is -0.453 e. The Bertz CT molecular complexity index is 4080. The van der Waals surface area contributed by atoms with E-state index >= 15 is 0 Å². The predicted octanol–water partition coefficient (Wildman–Crippen LogP) is 9.96. The fourth-order valence-corrected chi connectivity index (χ4v) is 11.6. The van der Waals surface area contributed by atoms with Gasteiger partial charge in [-0.3, -0.25) is 0 Å². The Hall–Kier alpha value is -7.72. The number of rotatable bonds is 16. The van der Waals surface area contributed by atoms with Gasteiger partial charge in [-0.1, -0.05) is 107 Å². The molecule has 0 aromatic carbocycles. The van der Waals surface area contributed by atoms with Crippen LogP contribution in [-0.2, 0) is 25.7 Å². The highest BCUT2D eigenvalue weighted by Crippen LogP contribution is 2.26. The average Bonchev–Trinajstić information content (AvgIpc) is 4.38. The number of furan rings is 2. The van der Waals surface area contributed by atoms with E-state index in [0.29, 0.717) is 0 Å². The molecule has 0 atom stereocenters. The highest BCUT2D eigenvalue weighted by atomic mass is 16.3. The summed E-state index contributed by atoms with van der Waals surface area (Å²) in [7, 11) is 0. The second-order valence-corrected chi connectivity index (χ2v) is 21.6. The molecule has 0 fully saturated rings. The first kappa shape index (κ1) is 52.3. The quantitative estimate of drug-likeness (QED) is 0.0768. The number of allylic oxidation sites excluding steroid dienone is 4. The van der Waals surface area contributed by atoms with Crippen molar-refractivity contribution in [2.45, 2.75) is 158 Å². The second kappa shape index (κ2) is 23.1. The summed E-state index contributed by atoms with van der Waals surface area (Å²) >= 11 is 0. The number of aromatic amines is 4. The average molecular weight is 1040 g/mol. The van der Waals surface area contributed by atoms with Crippen LogP contribution in [0.5, 0.6) is 0 Å². The third-order valence-electron chi connectivity index (χ3n) is 15.3. The normalized spacial score (nSPS) is 15.9. The van der Waals surface area contributed by atoms with E-state index in [0.717, 1.165) is 213 Å². The smallest absolute Gasteiger partial charge is 0.153 e. The van der Waals surface area contributed by atoms with E-state index in [1.165, 1.54) is 44.5 Å². The summed E-state index contributed by atoms with van der Waals surface area (Å²) in [6, 6.07) is 17.4. The van der Waals surface area contributed by atoms with Gasteiger partial charge in [0, 0.05) is 21.4 Å². The zero-order valence-corrected chi connectivity index (χ0v) is 47.2. The molecule has 5 aliphatic rings. The lowest BCUT2D eigenvalue weighted by Gasteiger charge is -2.00. The SMILES string of the molecule is CCCC1=CC2=c3cc(CCC)c([nH]3)=CC3=NC(=c4ccc(o4)=c4cc(CCC)c([nH]4)=CC4=NC(=c5cc(CCC)c([nH]5)=CC5=NC(=c6ccc(o6)=c6cc(CCC)c([nH]6)=CC1=N2)C=C5CCC)C=C4CCC)C=C3CCC. The summed E-state index contributed by atoms with van der Waals surface area (Å²) in [5.41, 5.74) is 20.5. The Morgan fingerprint density at radius 2 is 0.551 bits per heavy atom. The van der Waals surface area contributed by atoms with Crippen LogP contribution in [0.15, 0.2) is 124 Å². The predicted molar refractivity (Wildman–Crippen MR) is 322 cm³/mol. The number of H-pyrrole nitrogens is 4. The second-order valence-electron chi connectivity index (χ2n) is 21.6. The molecule has 0 amide bonds. The van der Waals surface area contributed by atoms with Crippen molar-refractivity contribution < 1.29 is 8.83 Å². The van der Waals surface area contributed by atoms with E-state index < -0.39 is 0 Å². The molecular formula is C68H76N8O2. The lowest BCUT2D eigenvalue weighted by molar-refractivity contribution is 0.500. The number of aromatic nitrogens is 4. The molecule has 0 radical (unpaired) electrons. The summed E-state index contributed by atoms with van der Waals surface area (Å²) < 4.78 is 13.5. The molecule has 0 saturated heterocycles. The Morgan fingerprint density at radius 1 is 0.295 bits per heavy atom. The molecule has 78 heavy (non-hydrogen) atoms. The van der Waals surface area contributed by atoms with Crippen molar-refractivity contribution in [2.75, 3.05) is 0 Å². The molecule has 0 saturated carbocycles. The van der Waals surface area contributed by atoms with Gasteiger partial charge in [-0.2, -0.15) is 0 Å². The number of hydrogen-bond acceptors (Lipinski definition) is 6. The van der Waals surface area contributed by atoms with Gasteiger partial charge in [-0.25, -0.2) is 20.0 Å². The van der Waals surface area contributed by atoms with E-state index in [2.05, 4.69) is 172 Å². The third kappa shape index (κ3) is 10.7. The molecule has 0 aliphatic carbocycles. The molecule has 5 aliphatic heterocycles. The maximum Gasteiger partial charge on any atom is 0.153 e. The molecule has 10 heteroatoms. The first-order valence-electron chi connectivity index (χ1n) is 29.3. The Kier molecular flexibility index (Phi) is 15.5. The largest absolute Gasteiger partial charge is 0.453 e. The van der Waals surface area contributed by atoms with Gasteiger partial charge in [-0.15, -0.1) is 0 Å². The Morgan fingerprint density at radius 3 is 0.859 bits per heavy atom. The Labute approximate surface area is 456 Å². The van der Waals surface area contributed by atoms with Gasteiger partial charge in [-0.05, 0) is 193 Å². The number of nitrogens with one attached hydrogen (secondary N) is 4. The third-order valence-corrected chi connectivity index (χ3v) is 15.3. The number of hydrogen-bond donors (Lipinski definition) is 4. The maximum atomic E-state index is 6.74. The summed E-state index contributed by atoms with van der Waals surface area (Å²) in [4.78, 5) is 36.6. The number of nitrogens with zero attached hydrogens (tertiary/aromatic N) is 4. The molecule has 0 unspecified atom stereocenters. The minimum absolute atomic E-state index is 0.754. The van der Waals surface area contributed by atoms with E-state index in [4.69, 9.17) is 28.8 Å². The fraction of sp³-hybridized carbons (Fsp3) is 0.353. The van der Waals surface area contributed by atoms with Gasteiger partial charge in [0.25, 0.3) is 0 Å². The van der Waals surface area contributed by atoms with Crippen molar-refractivity contribution in [3.05, 3.63) is 182 Å². The van der Waals surface area contributed by atoms with Gasteiger partial charge in [0.15, 0.2) is 21.7 Å². The van der Waals surface area contributed by atoms with E-state index in [9.17, 15) is 0 Å². The molecule has 0 spiro atoms. The first-order chi connectivity index (χ1) is 38.2. The molecule has 4 N–H and O–H groups in total. The molecule has 6 aromatic rings. The van der Waals surface area contributed by atoms with E-state index in [1.54, 1.807) is 0 Å². The maximum absolute atomic E-state index is 6.74. The van der Waals surface area contributed by atoms with Crippen LogP contribution < -0.4 is 42.9 Å². The van der Waals surface area contributed by atoms with Crippen molar-refractivity contribution >= 4 is 69.9 Å². The topological polar surface area (TPSA) is 139 Å². The van der Waals surface area contributed by atoms with Crippen molar-refractivity contribution in [1.29, 1.82) is 0 Å². The zero-order chi connectivity index (χ0) is 53.9. The summed E-state index contributed by atoms with van der Waals surface area (Å²) in [5.74, 6) is 0. The van der Waals surface area contributed by atoms with Crippen LogP contribution in [0.2, 0.25) is 0 Å². The summed E-state index contributed by atoms with van der Waals surface area (Å²) in [6.45, 7) is 17.9. The van der Waals surface area contributed by atoms with E-state index in [1.807, 2.05) is 0 Å². The fourth-order valence-electron chi connectivity index (χ4n) is 11.6. The molecular weight excluding hydrogens is 961 g/mol. The van der Waals surface area contributed by atoms with Gasteiger partial charge in [0.1, 0.15) is 11.4 Å². The molecule has 20 bridgehead atoms. The minimum atomic E-state index is 0.754. The van der Waals surface area contributed by atoms with Crippen LogP contribution in [-0.4, -0.2) is 42.8 Å². The zero-order valence-electron chi connectivity index (χ0n) is 47.2. The van der Waals surface area contributed by atoms with Crippen LogP contribution >= 0.6 is 0 Å². The van der Waals surface area contributed by atoms with Gasteiger partial charge < -0.3 is 28.8 Å². The standard InChI is InChI=1S/C68H76N8O2/c1-9-17-41-29-57-58-30-42(18-10-2)50(70-58)38-54-46(22-14-6)34-63(74-54)67-27-28-68(78-67)64-36-48(24-16-8)56(76-64)40-52-44(20-12-4)32-60(72-52)59-31-43(19-11-3)51(71-59)39-55-47(23-15-7)35-62(75-55)66-26-25-65(77-66)61-33-45(21-13-5)53(73-61)37-49(41)69-57/h25-40,69,72,74-75H,9-24H2,1-8H3. The van der Waals surface area contributed by atoms with Crippen LogP contribution in [0.3, 0.4) is 0 Å². The number of aryl methyl sites for hydroxylation is 4. The number of fused-ring (bicyclic) bond motifs is 16. The highest BCUT2D eigenvalue weighted by Gasteiger charge is 2.20. The van der Waals surface area contributed by atoms with Gasteiger partial charge in [0.05, 0.1) is 55.6 Å². The van der Waals surface area contributed by atoms with Crippen LogP contribution in [0.4, 0.5) is 0 Å². The van der Waals surface area contributed by atoms with E-state index in [-0.39, 0.29) is 0 Å². The molecule has 400 valence electrons. The van der Waals surface area contributed by atoms with Crippen molar-refractivity contribution in [2.24, 2.45) is 20.0 Å². The van der Waals surface area contributed by atoms with Crippen molar-refractivity contribution in [3.8, 4) is 0 Å². The van der Waals surface area contributed by atoms with Gasteiger partial charge in [0.2, 0.25) is 0 Å². The molecule has 11 rings (SSSR count). The van der Waals surface area contributed by atoms with Crippen LogP contribution in [0.25, 0.3) is 47.1 Å². The summed E-state index contributed by atoms with van der Waals surface area (Å²) in [5, 5.41) is 8.22. The molecule has 11 heterocycles. The van der Waals surface area contributed by atoms with Crippen LogP contribution in [0.1, 0.15) is 155 Å². The van der Waals surface area contributed by atoms with Crippen molar-refractivity contribution in [1.82, 2.24) is 19.9 Å². The Balaban J connectivity index is 1.17. The lowest BCUT2D eigenvalue weighted by Crippen LogP contribution is -2.15. The molecule has 6 aromatic heterocycles. The lowest BCUT2D eigenvalue weighted by atomic mass is 10.0. The monoisotopic (exact) mass is 1040 g/mol. The number of aliphatic imine (C=N–C) groups is 4. The summed E-state index contributed by atoms with van der Waals surface area (Å²) in [6.07, 6.45) is 33.6. The highest BCUT2D eigenvalue weighted by molar-refractivity contribution is 6.26. The van der Waals surface area contributed by atoms with Gasteiger partial charge >= 0.3 is 0 Å². The first-order valence-corrected chi connectivity index (χ1v) is 29.3.